The number of carbonyl (C=O) groups is 2. The van der Waals surface area contributed by atoms with Gasteiger partial charge in [0.15, 0.2) is 5.78 Å². The second kappa shape index (κ2) is 9.37. The number of benzene rings is 3. The largest absolute Gasteiger partial charge is 0.497 e. The maximum Gasteiger partial charge on any atom is 0.259 e. The molecule has 0 aliphatic carbocycles. The third-order valence-electron chi connectivity index (χ3n) is 4.30. The van der Waals surface area contributed by atoms with Gasteiger partial charge in [0.05, 0.1) is 19.8 Å². The van der Waals surface area contributed by atoms with E-state index in [4.69, 9.17) is 9.47 Å². The maximum absolute atomic E-state index is 13.1. The van der Waals surface area contributed by atoms with Gasteiger partial charge < -0.3 is 14.8 Å². The zero-order chi connectivity index (χ0) is 20.6. The van der Waals surface area contributed by atoms with E-state index in [2.05, 4.69) is 5.32 Å². The SMILES string of the molecule is COc1ccc(/C=C(/C(=O)Nc2ccccc2)C(=O)c2ccccc2)c(OC)c1. The molecule has 5 nitrogen and oxygen atoms in total. The minimum absolute atomic E-state index is 0.00326. The Labute approximate surface area is 169 Å². The zero-order valence-corrected chi connectivity index (χ0v) is 16.2. The molecule has 0 spiro atoms. The minimum Gasteiger partial charge on any atom is -0.497 e. The van der Waals surface area contributed by atoms with E-state index in [0.29, 0.717) is 28.3 Å². The lowest BCUT2D eigenvalue weighted by molar-refractivity contribution is -0.112. The number of hydrogen-bond acceptors (Lipinski definition) is 4. The second-order valence-corrected chi connectivity index (χ2v) is 6.18. The number of hydrogen-bond donors (Lipinski definition) is 1. The van der Waals surface area contributed by atoms with Gasteiger partial charge in [-0.05, 0) is 30.3 Å². The maximum atomic E-state index is 13.1. The van der Waals surface area contributed by atoms with Crippen molar-refractivity contribution in [3.05, 3.63) is 95.6 Å². The predicted octanol–water partition coefficient (Wildman–Crippen LogP) is 4.61. The fourth-order valence-electron chi connectivity index (χ4n) is 2.79. The van der Waals surface area contributed by atoms with Gasteiger partial charge >= 0.3 is 0 Å². The van der Waals surface area contributed by atoms with E-state index in [0.717, 1.165) is 0 Å². The summed E-state index contributed by atoms with van der Waals surface area (Å²) in [5, 5.41) is 2.78. The summed E-state index contributed by atoms with van der Waals surface area (Å²) in [6.45, 7) is 0. The highest BCUT2D eigenvalue weighted by atomic mass is 16.5. The molecule has 3 rings (SSSR count). The van der Waals surface area contributed by atoms with E-state index >= 15 is 0 Å². The fraction of sp³-hybridized carbons (Fsp3) is 0.0833. The summed E-state index contributed by atoms with van der Waals surface area (Å²) in [5.41, 5.74) is 1.62. The molecule has 0 aromatic heterocycles. The molecule has 0 unspecified atom stereocenters. The molecule has 1 N–H and O–H groups in total. The predicted molar refractivity (Wildman–Crippen MR) is 113 cm³/mol. The van der Waals surface area contributed by atoms with E-state index in [1.165, 1.54) is 13.2 Å². The Hall–Kier alpha value is -3.86. The quantitative estimate of drug-likeness (QED) is 0.278. The van der Waals surface area contributed by atoms with E-state index in [1.807, 2.05) is 24.3 Å². The lowest BCUT2D eigenvalue weighted by Crippen LogP contribution is -2.20. The average Bonchev–Trinajstić information content (AvgIpc) is 2.78. The first-order valence-corrected chi connectivity index (χ1v) is 9.02. The molecule has 0 heterocycles. The van der Waals surface area contributed by atoms with Crippen LogP contribution in [0.3, 0.4) is 0 Å². The fourth-order valence-corrected chi connectivity index (χ4v) is 2.79. The lowest BCUT2D eigenvalue weighted by atomic mass is 9.99. The van der Waals surface area contributed by atoms with Crippen LogP contribution >= 0.6 is 0 Å². The number of Topliss-reactive ketones (excluding diaryl/α,β-unsaturated/α-hetero) is 1. The van der Waals surface area contributed by atoms with Crippen LogP contribution in [0.4, 0.5) is 5.69 Å². The van der Waals surface area contributed by atoms with Crippen LogP contribution in [0.2, 0.25) is 0 Å². The van der Waals surface area contributed by atoms with Crippen molar-refractivity contribution in [1.29, 1.82) is 0 Å². The highest BCUT2D eigenvalue weighted by molar-refractivity contribution is 6.31. The summed E-state index contributed by atoms with van der Waals surface area (Å²) in [6.07, 6.45) is 1.53. The molecule has 0 radical (unpaired) electrons. The number of para-hydroxylation sites is 1. The van der Waals surface area contributed by atoms with Crippen LogP contribution in [0.1, 0.15) is 15.9 Å². The van der Waals surface area contributed by atoms with Crippen molar-refractivity contribution in [1.82, 2.24) is 0 Å². The van der Waals surface area contributed by atoms with Crippen LogP contribution in [-0.4, -0.2) is 25.9 Å². The Morgan fingerprint density at radius 2 is 1.48 bits per heavy atom. The molecule has 0 saturated heterocycles. The third-order valence-corrected chi connectivity index (χ3v) is 4.30. The van der Waals surface area contributed by atoms with Crippen molar-refractivity contribution in [2.75, 3.05) is 19.5 Å². The molecule has 1 amide bonds. The first kappa shape index (κ1) is 19.9. The number of methoxy groups -OCH3 is 2. The van der Waals surface area contributed by atoms with Crippen LogP contribution in [-0.2, 0) is 4.79 Å². The summed E-state index contributed by atoms with van der Waals surface area (Å²) >= 11 is 0. The number of anilines is 1. The van der Waals surface area contributed by atoms with Crippen LogP contribution < -0.4 is 14.8 Å². The number of carbonyl (C=O) groups excluding carboxylic acids is 2. The Bertz CT molecular complexity index is 1030. The normalized spacial score (nSPS) is 10.9. The van der Waals surface area contributed by atoms with Crippen LogP contribution in [0.15, 0.2) is 84.4 Å². The van der Waals surface area contributed by atoms with Gasteiger partial charge in [0.1, 0.15) is 11.5 Å². The second-order valence-electron chi connectivity index (χ2n) is 6.18. The zero-order valence-electron chi connectivity index (χ0n) is 16.2. The van der Waals surface area contributed by atoms with Gasteiger partial charge in [-0.2, -0.15) is 0 Å². The molecule has 0 atom stereocenters. The number of ether oxygens (including phenoxy) is 2. The van der Waals surface area contributed by atoms with E-state index in [-0.39, 0.29) is 11.4 Å². The van der Waals surface area contributed by atoms with E-state index in [9.17, 15) is 9.59 Å². The van der Waals surface area contributed by atoms with Crippen molar-refractivity contribution in [3.8, 4) is 11.5 Å². The van der Waals surface area contributed by atoms with Gasteiger partial charge in [-0.25, -0.2) is 0 Å². The molecule has 0 bridgehead atoms. The standard InChI is InChI=1S/C24H21NO4/c1-28-20-14-13-18(22(16-20)29-2)15-21(23(26)17-9-5-3-6-10-17)24(27)25-19-11-7-4-8-12-19/h3-16H,1-2H3,(H,25,27)/b21-15+. The van der Waals surface area contributed by atoms with Gasteiger partial charge in [-0.1, -0.05) is 48.5 Å². The van der Waals surface area contributed by atoms with E-state index in [1.54, 1.807) is 61.7 Å². The van der Waals surface area contributed by atoms with Gasteiger partial charge in [0, 0.05) is 22.9 Å². The lowest BCUT2D eigenvalue weighted by Gasteiger charge is -2.11. The molecule has 3 aromatic rings. The molecule has 0 aliphatic heterocycles. The number of nitrogens with one attached hydrogen (secondary N) is 1. The minimum atomic E-state index is -0.497. The molecule has 146 valence electrons. The van der Waals surface area contributed by atoms with Gasteiger partial charge in [0.25, 0.3) is 5.91 Å². The summed E-state index contributed by atoms with van der Waals surface area (Å²) in [4.78, 5) is 26.1. The first-order valence-electron chi connectivity index (χ1n) is 9.02. The van der Waals surface area contributed by atoms with Gasteiger partial charge in [-0.15, -0.1) is 0 Å². The molecule has 0 fully saturated rings. The molecule has 3 aromatic carbocycles. The molecule has 0 aliphatic rings. The van der Waals surface area contributed by atoms with Crippen molar-refractivity contribution >= 4 is 23.5 Å². The average molecular weight is 387 g/mol. The van der Waals surface area contributed by atoms with Crippen LogP contribution in [0, 0.1) is 0 Å². The van der Waals surface area contributed by atoms with Gasteiger partial charge in [-0.3, -0.25) is 9.59 Å². The molecular weight excluding hydrogens is 366 g/mol. The van der Waals surface area contributed by atoms with E-state index < -0.39 is 5.91 Å². The molecular formula is C24H21NO4. The van der Waals surface area contributed by atoms with Crippen LogP contribution in [0.25, 0.3) is 6.08 Å². The summed E-state index contributed by atoms with van der Waals surface area (Å²) in [7, 11) is 3.08. The van der Waals surface area contributed by atoms with Crippen molar-refractivity contribution < 1.29 is 19.1 Å². The van der Waals surface area contributed by atoms with Crippen molar-refractivity contribution in [2.24, 2.45) is 0 Å². The molecule has 29 heavy (non-hydrogen) atoms. The Morgan fingerprint density at radius 3 is 2.10 bits per heavy atom. The van der Waals surface area contributed by atoms with Crippen molar-refractivity contribution in [3.63, 3.8) is 0 Å². The molecule has 5 heteroatoms. The van der Waals surface area contributed by atoms with Crippen molar-refractivity contribution in [2.45, 2.75) is 0 Å². The Morgan fingerprint density at radius 1 is 0.828 bits per heavy atom. The summed E-state index contributed by atoms with van der Waals surface area (Å²) in [5.74, 6) is 0.235. The Balaban J connectivity index is 2.04. The number of ketones is 1. The highest BCUT2D eigenvalue weighted by Gasteiger charge is 2.21. The highest BCUT2D eigenvalue weighted by Crippen LogP contribution is 2.27. The summed E-state index contributed by atoms with van der Waals surface area (Å²) in [6, 6.07) is 22.9. The number of amides is 1. The number of rotatable bonds is 7. The molecule has 0 saturated carbocycles. The summed E-state index contributed by atoms with van der Waals surface area (Å²) < 4.78 is 10.6. The Kier molecular flexibility index (Phi) is 6.43. The smallest absolute Gasteiger partial charge is 0.259 e. The van der Waals surface area contributed by atoms with Gasteiger partial charge in [0.2, 0.25) is 0 Å². The third kappa shape index (κ3) is 4.90. The first-order chi connectivity index (χ1) is 14.1. The topological polar surface area (TPSA) is 64.6 Å². The monoisotopic (exact) mass is 387 g/mol. The van der Waals surface area contributed by atoms with Crippen LogP contribution in [0.5, 0.6) is 11.5 Å².